The summed E-state index contributed by atoms with van der Waals surface area (Å²) >= 11 is 0. The zero-order valence-corrected chi connectivity index (χ0v) is 16.8. The highest BCUT2D eigenvalue weighted by atomic mass is 32.2. The quantitative estimate of drug-likeness (QED) is 0.312. The molecular weight excluding hydrogens is 405 g/mol. The lowest BCUT2D eigenvalue weighted by molar-refractivity contribution is -0.830. The van der Waals surface area contributed by atoms with Crippen molar-refractivity contribution in [2.75, 3.05) is 17.1 Å². The maximum Gasteiger partial charge on any atom is 0.182 e. The molecule has 1 heterocycles. The van der Waals surface area contributed by atoms with Crippen LogP contribution in [0.4, 0.5) is 27.4 Å². The van der Waals surface area contributed by atoms with Crippen LogP contribution in [0.15, 0.2) is 77.7 Å². The molecule has 0 radical (unpaired) electrons. The normalized spacial score (nSPS) is 11.9. The molecule has 4 rings (SSSR count). The minimum absolute atomic E-state index is 0.317. The van der Waals surface area contributed by atoms with Crippen LogP contribution in [-0.4, -0.2) is 21.3 Å². The van der Waals surface area contributed by atoms with Crippen molar-refractivity contribution in [3.05, 3.63) is 78.6 Å². The summed E-state index contributed by atoms with van der Waals surface area (Å²) in [5.74, 6) is 0.364. The van der Waals surface area contributed by atoms with Gasteiger partial charge in [-0.15, -0.1) is 0 Å². The van der Waals surface area contributed by atoms with E-state index in [-0.39, 0.29) is 5.82 Å². The average molecular weight is 424 g/mol. The molecule has 3 aromatic carbocycles. The summed E-state index contributed by atoms with van der Waals surface area (Å²) in [7, 11) is -0.0356. The number of nitrogens with two attached hydrogens (primary N) is 1. The maximum atomic E-state index is 13.2. The topological polar surface area (TPSA) is 92.8 Å². The first-order valence-corrected chi connectivity index (χ1v) is 10.2. The van der Waals surface area contributed by atoms with Crippen molar-refractivity contribution in [3.63, 3.8) is 0 Å². The Kier molecular flexibility index (Phi) is 5.94. The number of nitrogens with one attached hydrogen (secondary N) is 2. The van der Waals surface area contributed by atoms with E-state index in [1.807, 2.05) is 30.3 Å². The van der Waals surface area contributed by atoms with Gasteiger partial charge in [0.2, 0.25) is 0 Å². The lowest BCUT2D eigenvalue weighted by atomic mass is 10.3. The van der Waals surface area contributed by atoms with Gasteiger partial charge < -0.3 is 5.32 Å². The predicted molar refractivity (Wildman–Crippen MR) is 114 cm³/mol. The van der Waals surface area contributed by atoms with Crippen LogP contribution in [-0.2, 0) is 15.8 Å². The Morgan fingerprint density at radius 2 is 1.63 bits per heavy atom. The first kappa shape index (κ1) is 19.9. The number of hydrogen-bond acceptors (Lipinski definition) is 5. The van der Waals surface area contributed by atoms with Crippen molar-refractivity contribution in [1.82, 2.24) is 9.97 Å². The third kappa shape index (κ3) is 4.60. The lowest BCUT2D eigenvalue weighted by Crippen LogP contribution is -2.75. The van der Waals surface area contributed by atoms with Gasteiger partial charge in [-0.05, 0) is 42.5 Å². The molecule has 0 aliphatic carbocycles. The Hall–Kier alpha value is -3.40. The smallest absolute Gasteiger partial charge is 0.182 e. The van der Waals surface area contributed by atoms with E-state index in [4.69, 9.17) is 4.84 Å². The second-order valence-corrected chi connectivity index (χ2v) is 7.55. The van der Waals surface area contributed by atoms with Crippen molar-refractivity contribution >= 4 is 45.0 Å². The molecule has 4 N–H and O–H groups in total. The molecule has 0 aliphatic rings. The summed E-state index contributed by atoms with van der Waals surface area (Å²) in [4.78, 5) is 14.8. The highest BCUT2D eigenvalue weighted by Crippen LogP contribution is 2.26. The van der Waals surface area contributed by atoms with Gasteiger partial charge in [0.1, 0.15) is 5.82 Å². The van der Waals surface area contributed by atoms with Crippen LogP contribution in [0.25, 0.3) is 11.0 Å². The Morgan fingerprint density at radius 3 is 2.33 bits per heavy atom. The van der Waals surface area contributed by atoms with Gasteiger partial charge in [-0.3, -0.25) is 4.72 Å². The van der Waals surface area contributed by atoms with Gasteiger partial charge in [0.05, 0.1) is 23.0 Å². The largest absolute Gasteiger partial charge is 0.337 e. The lowest BCUT2D eigenvalue weighted by Gasteiger charge is -2.13. The number of para-hydroxylation sites is 2. The molecule has 0 saturated carbocycles. The maximum absolute atomic E-state index is 13.2. The van der Waals surface area contributed by atoms with Crippen molar-refractivity contribution in [1.29, 1.82) is 0 Å². The van der Waals surface area contributed by atoms with Crippen LogP contribution >= 0.6 is 0 Å². The van der Waals surface area contributed by atoms with E-state index in [9.17, 15) is 8.60 Å². The van der Waals surface area contributed by atoms with Crippen molar-refractivity contribution in [2.45, 2.75) is 4.90 Å². The molecule has 0 fully saturated rings. The fourth-order valence-electron chi connectivity index (χ4n) is 2.81. The second kappa shape index (κ2) is 8.95. The van der Waals surface area contributed by atoms with E-state index in [2.05, 4.69) is 20.0 Å². The molecule has 0 bridgehead atoms. The molecule has 9 heteroatoms. The third-order valence-corrected chi connectivity index (χ3v) is 5.25. The van der Waals surface area contributed by atoms with Gasteiger partial charge in [0.15, 0.2) is 28.3 Å². The minimum Gasteiger partial charge on any atom is -0.337 e. The highest BCUT2D eigenvalue weighted by molar-refractivity contribution is 7.86. The molecule has 1 aromatic heterocycles. The van der Waals surface area contributed by atoms with Gasteiger partial charge >= 0.3 is 0 Å². The summed E-state index contributed by atoms with van der Waals surface area (Å²) in [6, 6.07) is 20.4. The number of fused-ring (bicyclic) bond motifs is 1. The Balaban J connectivity index is 1.68. The minimum atomic E-state index is -1.59. The molecule has 30 heavy (non-hydrogen) atoms. The number of nitrogens with zero attached hydrogens (tertiary/aromatic N) is 2. The molecule has 0 saturated heterocycles. The van der Waals surface area contributed by atoms with Gasteiger partial charge in [0, 0.05) is 17.8 Å². The third-order valence-electron chi connectivity index (χ3n) is 4.19. The average Bonchev–Trinajstić information content (AvgIpc) is 2.76. The van der Waals surface area contributed by atoms with Gasteiger partial charge in [-0.2, -0.15) is 5.48 Å². The standard InChI is InChI=1S/C21H18FN5O2S/c1-29-26-16-5-4-6-17(13-16)30(28)27-21-20(23-15-11-9-14(22)10-12-15)24-18-7-2-3-8-19(18)25-21/h2-13,26H,1H3,(H,23,24)(H,25,27)/p+1. The van der Waals surface area contributed by atoms with E-state index < -0.39 is 11.0 Å². The first-order valence-electron chi connectivity index (χ1n) is 9.06. The molecule has 0 amide bonds. The second-order valence-electron chi connectivity index (χ2n) is 6.34. The number of aromatic nitrogens is 2. The van der Waals surface area contributed by atoms with Gasteiger partial charge in [-0.1, -0.05) is 18.2 Å². The number of quaternary nitrogens is 1. The van der Waals surface area contributed by atoms with Crippen LogP contribution in [0.1, 0.15) is 0 Å². The number of anilines is 3. The van der Waals surface area contributed by atoms with Crippen LogP contribution in [0.3, 0.4) is 0 Å². The first-order chi connectivity index (χ1) is 14.6. The summed E-state index contributed by atoms with van der Waals surface area (Å²) in [6.45, 7) is 0. The van der Waals surface area contributed by atoms with Gasteiger partial charge in [0.25, 0.3) is 0 Å². The van der Waals surface area contributed by atoms with Crippen molar-refractivity contribution < 1.29 is 18.9 Å². The highest BCUT2D eigenvalue weighted by Gasteiger charge is 2.14. The molecule has 0 spiro atoms. The van der Waals surface area contributed by atoms with Crippen LogP contribution in [0.5, 0.6) is 0 Å². The molecule has 7 nitrogen and oxygen atoms in total. The van der Waals surface area contributed by atoms with E-state index in [1.165, 1.54) is 12.1 Å². The number of rotatable bonds is 7. The molecule has 1 atom stereocenters. The monoisotopic (exact) mass is 424 g/mol. The van der Waals surface area contributed by atoms with Gasteiger partial charge in [-0.25, -0.2) is 23.4 Å². The zero-order valence-electron chi connectivity index (χ0n) is 16.0. The molecular formula is C21H19FN5O2S+. The summed E-state index contributed by atoms with van der Waals surface area (Å²) in [5, 5.41) is 3.12. The van der Waals surface area contributed by atoms with E-state index in [0.717, 1.165) is 5.69 Å². The van der Waals surface area contributed by atoms with E-state index >= 15 is 0 Å². The summed E-state index contributed by atoms with van der Waals surface area (Å²) in [5.41, 5.74) is 4.32. The zero-order chi connectivity index (χ0) is 20.9. The van der Waals surface area contributed by atoms with Crippen LogP contribution < -0.4 is 15.5 Å². The van der Waals surface area contributed by atoms with Crippen LogP contribution in [0.2, 0.25) is 0 Å². The van der Waals surface area contributed by atoms with E-state index in [1.54, 1.807) is 42.9 Å². The SMILES string of the molecule is CO[NH2+]c1cccc(S(=O)Nc2nc3ccccc3nc2Nc2ccc(F)cc2)c1. The molecule has 152 valence electrons. The number of benzene rings is 3. The summed E-state index contributed by atoms with van der Waals surface area (Å²) in [6.07, 6.45) is 0. The fraction of sp³-hybridized carbons (Fsp3) is 0.0476. The molecule has 4 aromatic rings. The van der Waals surface area contributed by atoms with E-state index in [0.29, 0.717) is 33.3 Å². The van der Waals surface area contributed by atoms with Crippen molar-refractivity contribution in [3.8, 4) is 0 Å². The number of hydrogen-bond donors (Lipinski definition) is 3. The Bertz CT molecular complexity index is 1200. The molecule has 1 unspecified atom stereocenters. The molecule has 0 aliphatic heterocycles. The predicted octanol–water partition coefficient (Wildman–Crippen LogP) is 3.40. The van der Waals surface area contributed by atoms with Crippen LogP contribution in [0, 0.1) is 5.82 Å². The fourth-order valence-corrected chi connectivity index (χ4v) is 3.70. The summed E-state index contributed by atoms with van der Waals surface area (Å²) < 4.78 is 29.1. The Morgan fingerprint density at radius 1 is 0.933 bits per heavy atom. The van der Waals surface area contributed by atoms with Crippen molar-refractivity contribution in [2.24, 2.45) is 0 Å². The Labute approximate surface area is 174 Å². The number of halogens is 1.